The molecule has 12 rings (SSSR count). The first-order chi connectivity index (χ1) is 31.0. The first kappa shape index (κ1) is 36.9. The summed E-state index contributed by atoms with van der Waals surface area (Å²) in [5.74, 6) is 0. The SMILES string of the molecule is CC1(C)c2ccccc2-c2ccc(N(c3ccccc3)c3ccc(-c4cc5ccccc5c5c4c4cc(-c6ccc(-c7ccccc7)cc6)ccc4n5-c4ccccc4)cc3)cc21. The van der Waals surface area contributed by atoms with Crippen LogP contribution in [-0.4, -0.2) is 4.57 Å². The van der Waals surface area contributed by atoms with Gasteiger partial charge in [-0.05, 0) is 128 Å². The fraction of sp³-hybridized carbons (Fsp3) is 0.0492. The van der Waals surface area contributed by atoms with Crippen LogP contribution in [0.15, 0.2) is 231 Å². The molecule has 0 spiro atoms. The Labute approximate surface area is 368 Å². The van der Waals surface area contributed by atoms with Gasteiger partial charge in [0.2, 0.25) is 0 Å². The molecular weight excluding hydrogens is 761 g/mol. The summed E-state index contributed by atoms with van der Waals surface area (Å²) in [5, 5.41) is 4.94. The number of fused-ring (bicyclic) bond motifs is 8. The van der Waals surface area contributed by atoms with Crippen molar-refractivity contribution in [3.05, 3.63) is 242 Å². The Morgan fingerprint density at radius 1 is 0.365 bits per heavy atom. The van der Waals surface area contributed by atoms with Crippen molar-refractivity contribution in [2.45, 2.75) is 19.3 Å². The Hall–Kier alpha value is -7.94. The van der Waals surface area contributed by atoms with Crippen molar-refractivity contribution < 1.29 is 0 Å². The fourth-order valence-corrected chi connectivity index (χ4v) is 10.3. The minimum atomic E-state index is -0.0972. The number of benzene rings is 10. The quantitative estimate of drug-likeness (QED) is 0.156. The van der Waals surface area contributed by atoms with Crippen molar-refractivity contribution in [3.8, 4) is 50.2 Å². The van der Waals surface area contributed by atoms with E-state index in [-0.39, 0.29) is 5.41 Å². The van der Waals surface area contributed by atoms with Crippen molar-refractivity contribution in [1.29, 1.82) is 0 Å². The van der Waals surface area contributed by atoms with Gasteiger partial charge in [-0.3, -0.25) is 0 Å². The van der Waals surface area contributed by atoms with Crippen molar-refractivity contribution in [3.63, 3.8) is 0 Å². The summed E-state index contributed by atoms with van der Waals surface area (Å²) in [7, 11) is 0. The lowest BCUT2D eigenvalue weighted by Crippen LogP contribution is -2.16. The Balaban J connectivity index is 1.04. The van der Waals surface area contributed by atoms with Crippen LogP contribution in [0.25, 0.3) is 82.8 Å². The van der Waals surface area contributed by atoms with Gasteiger partial charge in [-0.15, -0.1) is 0 Å². The maximum atomic E-state index is 2.47. The number of hydrogen-bond donors (Lipinski definition) is 0. The maximum Gasteiger partial charge on any atom is 0.0625 e. The zero-order valence-corrected chi connectivity index (χ0v) is 35.3. The summed E-state index contributed by atoms with van der Waals surface area (Å²) in [6, 6.07) is 84.6. The second-order valence-electron chi connectivity index (χ2n) is 17.3. The molecule has 0 atom stereocenters. The smallest absolute Gasteiger partial charge is 0.0625 e. The molecule has 63 heavy (non-hydrogen) atoms. The van der Waals surface area contributed by atoms with E-state index in [0.717, 1.165) is 22.7 Å². The third kappa shape index (κ3) is 6.02. The van der Waals surface area contributed by atoms with Gasteiger partial charge in [-0.2, -0.15) is 0 Å². The molecular formula is C61H44N2. The lowest BCUT2D eigenvalue weighted by Gasteiger charge is -2.28. The van der Waals surface area contributed by atoms with Gasteiger partial charge in [0.15, 0.2) is 0 Å². The summed E-state index contributed by atoms with van der Waals surface area (Å²) in [5.41, 5.74) is 19.5. The molecule has 0 amide bonds. The van der Waals surface area contributed by atoms with Gasteiger partial charge in [0.1, 0.15) is 0 Å². The molecule has 0 aliphatic heterocycles. The van der Waals surface area contributed by atoms with Gasteiger partial charge >= 0.3 is 0 Å². The van der Waals surface area contributed by atoms with Crippen LogP contribution in [0, 0.1) is 0 Å². The van der Waals surface area contributed by atoms with Crippen LogP contribution in [0.5, 0.6) is 0 Å². The lowest BCUT2D eigenvalue weighted by molar-refractivity contribution is 0.660. The molecule has 2 heteroatoms. The van der Waals surface area contributed by atoms with Crippen molar-refractivity contribution in [2.75, 3.05) is 4.90 Å². The molecule has 1 aliphatic carbocycles. The number of rotatable bonds is 7. The minimum absolute atomic E-state index is 0.0972. The van der Waals surface area contributed by atoms with Gasteiger partial charge in [0, 0.05) is 44.3 Å². The van der Waals surface area contributed by atoms with E-state index in [1.807, 2.05) is 0 Å². The van der Waals surface area contributed by atoms with E-state index in [1.165, 1.54) is 88.2 Å². The van der Waals surface area contributed by atoms with E-state index in [9.17, 15) is 0 Å². The van der Waals surface area contributed by atoms with E-state index in [1.54, 1.807) is 0 Å². The highest BCUT2D eigenvalue weighted by Crippen LogP contribution is 2.51. The number of para-hydroxylation sites is 2. The Morgan fingerprint density at radius 2 is 0.921 bits per heavy atom. The molecule has 2 nitrogen and oxygen atoms in total. The molecule has 0 bridgehead atoms. The van der Waals surface area contributed by atoms with Crippen molar-refractivity contribution in [2.24, 2.45) is 0 Å². The molecule has 1 aromatic heterocycles. The summed E-state index contributed by atoms with van der Waals surface area (Å²) in [6.07, 6.45) is 0. The lowest BCUT2D eigenvalue weighted by atomic mass is 9.82. The molecule has 0 saturated carbocycles. The molecule has 1 heterocycles. The Bertz CT molecular complexity index is 3490. The summed E-state index contributed by atoms with van der Waals surface area (Å²) in [6.45, 7) is 4.71. The normalized spacial score (nSPS) is 12.7. The van der Waals surface area contributed by atoms with Crippen LogP contribution in [0.4, 0.5) is 17.1 Å². The van der Waals surface area contributed by atoms with Crippen LogP contribution >= 0.6 is 0 Å². The Kier molecular flexibility index (Phi) is 8.55. The zero-order valence-electron chi connectivity index (χ0n) is 35.3. The highest BCUT2D eigenvalue weighted by atomic mass is 15.1. The topological polar surface area (TPSA) is 8.17 Å². The van der Waals surface area contributed by atoms with Crippen molar-refractivity contribution >= 4 is 49.6 Å². The number of hydrogen-bond acceptors (Lipinski definition) is 1. The van der Waals surface area contributed by atoms with Crippen LogP contribution in [0.3, 0.4) is 0 Å². The zero-order chi connectivity index (χ0) is 42.1. The van der Waals surface area contributed by atoms with Gasteiger partial charge in [0.25, 0.3) is 0 Å². The highest BCUT2D eigenvalue weighted by molar-refractivity contribution is 6.24. The molecule has 0 unspecified atom stereocenters. The van der Waals surface area contributed by atoms with Gasteiger partial charge in [0.05, 0.1) is 11.0 Å². The molecule has 0 radical (unpaired) electrons. The molecule has 1 aliphatic rings. The predicted molar refractivity (Wildman–Crippen MR) is 267 cm³/mol. The molecule has 298 valence electrons. The fourth-order valence-electron chi connectivity index (χ4n) is 10.3. The maximum absolute atomic E-state index is 2.47. The second kappa shape index (κ2) is 14.6. The summed E-state index contributed by atoms with van der Waals surface area (Å²) < 4.78 is 2.47. The first-order valence-electron chi connectivity index (χ1n) is 21.9. The molecule has 0 saturated heterocycles. The van der Waals surface area contributed by atoms with Crippen LogP contribution in [-0.2, 0) is 5.41 Å². The van der Waals surface area contributed by atoms with E-state index < -0.39 is 0 Å². The van der Waals surface area contributed by atoms with Crippen LogP contribution in [0.1, 0.15) is 25.0 Å². The highest BCUT2D eigenvalue weighted by Gasteiger charge is 2.35. The number of nitrogens with zero attached hydrogens (tertiary/aromatic N) is 2. The first-order valence-corrected chi connectivity index (χ1v) is 21.9. The van der Waals surface area contributed by atoms with E-state index in [4.69, 9.17) is 0 Å². The van der Waals surface area contributed by atoms with Gasteiger partial charge in [-0.25, -0.2) is 0 Å². The molecule has 11 aromatic rings. The average Bonchev–Trinajstić information content (AvgIpc) is 3.81. The standard InChI is InChI=1S/C61H44N2/c1-61(2)56-25-15-14-24-52(56)53-36-35-50(40-57(53)61)62(47-19-8-4-9-20-47)49-33-30-44(31-34-49)54-39-46-18-12-13-23-51(46)60-59(54)55-38-45(32-37-58(55)63(60)48-21-10-5-11-22-48)43-28-26-42(27-29-43)41-16-6-3-7-17-41/h3-40H,1-2H3. The predicted octanol–water partition coefficient (Wildman–Crippen LogP) is 16.7. The van der Waals surface area contributed by atoms with Crippen LogP contribution in [0.2, 0.25) is 0 Å². The van der Waals surface area contributed by atoms with E-state index >= 15 is 0 Å². The second-order valence-corrected chi connectivity index (χ2v) is 17.3. The number of aromatic nitrogens is 1. The average molecular weight is 805 g/mol. The summed E-state index contributed by atoms with van der Waals surface area (Å²) >= 11 is 0. The molecule has 10 aromatic carbocycles. The molecule has 0 fully saturated rings. The van der Waals surface area contributed by atoms with Gasteiger partial charge < -0.3 is 9.47 Å². The van der Waals surface area contributed by atoms with Crippen molar-refractivity contribution in [1.82, 2.24) is 4.57 Å². The Morgan fingerprint density at radius 3 is 1.68 bits per heavy atom. The molecule has 0 N–H and O–H groups in total. The monoisotopic (exact) mass is 804 g/mol. The third-order valence-corrected chi connectivity index (χ3v) is 13.4. The van der Waals surface area contributed by atoms with Crippen LogP contribution < -0.4 is 4.90 Å². The van der Waals surface area contributed by atoms with Gasteiger partial charge in [-0.1, -0.05) is 178 Å². The summed E-state index contributed by atoms with van der Waals surface area (Å²) in [4.78, 5) is 2.40. The largest absolute Gasteiger partial charge is 0.310 e. The third-order valence-electron chi connectivity index (χ3n) is 13.4. The minimum Gasteiger partial charge on any atom is -0.310 e. The van der Waals surface area contributed by atoms with E-state index in [2.05, 4.69) is 254 Å². The number of anilines is 3. The van der Waals surface area contributed by atoms with E-state index in [0.29, 0.717) is 0 Å².